The van der Waals surface area contributed by atoms with Crippen molar-refractivity contribution in [1.29, 1.82) is 0 Å². The number of aromatic nitrogens is 1. The minimum Gasteiger partial charge on any atom is -0.481 e. The second-order valence-electron chi connectivity index (χ2n) is 4.69. The van der Waals surface area contributed by atoms with Crippen LogP contribution in [0.2, 0.25) is 0 Å². The molecule has 20 heavy (non-hydrogen) atoms. The number of carboxylic acids is 1. The lowest BCUT2D eigenvalue weighted by Crippen LogP contribution is -2.47. The van der Waals surface area contributed by atoms with Crippen LogP contribution in [-0.2, 0) is 11.8 Å². The molecule has 0 bridgehead atoms. The first kappa shape index (κ1) is 14.6. The lowest BCUT2D eigenvalue weighted by molar-refractivity contribution is -0.138. The Morgan fingerprint density at radius 3 is 2.90 bits per heavy atom. The molecule has 6 nitrogen and oxygen atoms in total. The number of carbonyl (C=O) groups excluding carboxylic acids is 1. The third-order valence-electron chi connectivity index (χ3n) is 3.25. The number of pyridine rings is 1. The van der Waals surface area contributed by atoms with Gasteiger partial charge in [-0.1, -0.05) is 0 Å². The molecule has 1 amide bonds. The normalized spacial score (nSPS) is 18.9. The summed E-state index contributed by atoms with van der Waals surface area (Å²) >= 11 is 1.64. The minimum atomic E-state index is -0.917. The van der Waals surface area contributed by atoms with Crippen molar-refractivity contribution >= 4 is 23.6 Å². The number of amides is 1. The number of hydrogen-bond acceptors (Lipinski definition) is 4. The Balaban J connectivity index is 2.22. The number of aryl methyl sites for hydroxylation is 1. The fourth-order valence-electron chi connectivity index (χ4n) is 2.14. The Morgan fingerprint density at radius 2 is 2.25 bits per heavy atom. The Labute approximate surface area is 120 Å². The van der Waals surface area contributed by atoms with Crippen molar-refractivity contribution in [2.24, 2.45) is 7.05 Å². The summed E-state index contributed by atoms with van der Waals surface area (Å²) in [5.74, 6) is 0.212. The summed E-state index contributed by atoms with van der Waals surface area (Å²) in [7, 11) is 1.61. The van der Waals surface area contributed by atoms with Crippen LogP contribution in [0.25, 0.3) is 0 Å². The van der Waals surface area contributed by atoms with Gasteiger partial charge in [-0.05, 0) is 6.07 Å². The van der Waals surface area contributed by atoms with Crippen molar-refractivity contribution in [2.75, 3.05) is 18.1 Å². The summed E-state index contributed by atoms with van der Waals surface area (Å²) in [6.45, 7) is 0.511. The number of thioether (sulfide) groups is 1. The van der Waals surface area contributed by atoms with Crippen molar-refractivity contribution in [3.05, 3.63) is 34.2 Å². The largest absolute Gasteiger partial charge is 0.481 e. The molecule has 1 aromatic rings. The number of nitrogens with zero attached hydrogens (tertiary/aromatic N) is 2. The van der Waals surface area contributed by atoms with Gasteiger partial charge in [-0.25, -0.2) is 0 Å². The first-order valence-corrected chi connectivity index (χ1v) is 7.41. The summed E-state index contributed by atoms with van der Waals surface area (Å²) < 4.78 is 1.39. The van der Waals surface area contributed by atoms with Crippen LogP contribution in [0.15, 0.2) is 23.1 Å². The molecular weight excluding hydrogens is 280 g/mol. The van der Waals surface area contributed by atoms with Gasteiger partial charge in [-0.2, -0.15) is 11.8 Å². The molecule has 0 spiro atoms. The van der Waals surface area contributed by atoms with E-state index in [0.717, 1.165) is 5.75 Å². The molecule has 0 saturated carbocycles. The van der Waals surface area contributed by atoms with Crippen LogP contribution in [-0.4, -0.2) is 50.5 Å². The molecule has 1 aliphatic heterocycles. The Kier molecular flexibility index (Phi) is 4.49. The number of hydrogen-bond donors (Lipinski definition) is 1. The summed E-state index contributed by atoms with van der Waals surface area (Å²) in [4.78, 5) is 36.5. The predicted octanol–water partition coefficient (Wildman–Crippen LogP) is 0.418. The zero-order valence-electron chi connectivity index (χ0n) is 11.1. The highest BCUT2D eigenvalue weighted by Crippen LogP contribution is 2.21. The molecular formula is C13H16N2O4S. The van der Waals surface area contributed by atoms with Gasteiger partial charge in [0.05, 0.1) is 12.5 Å². The van der Waals surface area contributed by atoms with E-state index in [2.05, 4.69) is 0 Å². The fraction of sp³-hybridized carbons (Fsp3) is 0.462. The predicted molar refractivity (Wildman–Crippen MR) is 76.1 cm³/mol. The maximum atomic E-state index is 12.4. The average molecular weight is 296 g/mol. The van der Waals surface area contributed by atoms with Crippen LogP contribution in [0.4, 0.5) is 0 Å². The van der Waals surface area contributed by atoms with Gasteiger partial charge >= 0.3 is 5.97 Å². The highest BCUT2D eigenvalue weighted by atomic mass is 32.2. The molecule has 1 saturated heterocycles. The topological polar surface area (TPSA) is 79.6 Å². The Bertz CT molecular complexity index is 584. The van der Waals surface area contributed by atoms with E-state index in [9.17, 15) is 14.4 Å². The standard InChI is InChI=1S/C13H16N2O4S/c1-14-3-2-9(6-11(14)16)13(19)15-4-5-20-8-10(15)7-12(17)18/h2-3,6,10H,4-5,7-8H2,1H3,(H,17,18). The monoisotopic (exact) mass is 296 g/mol. The Hall–Kier alpha value is -1.76. The first-order chi connectivity index (χ1) is 9.49. The second kappa shape index (κ2) is 6.13. The van der Waals surface area contributed by atoms with Crippen molar-refractivity contribution in [1.82, 2.24) is 9.47 Å². The SMILES string of the molecule is Cn1ccc(C(=O)N2CCSCC2CC(=O)O)cc1=O. The molecule has 0 radical (unpaired) electrons. The molecule has 1 atom stereocenters. The number of carbonyl (C=O) groups is 2. The van der Waals surface area contributed by atoms with Crippen molar-refractivity contribution in [2.45, 2.75) is 12.5 Å². The van der Waals surface area contributed by atoms with E-state index in [4.69, 9.17) is 5.11 Å². The second-order valence-corrected chi connectivity index (χ2v) is 5.84. The van der Waals surface area contributed by atoms with Crippen LogP contribution < -0.4 is 5.56 Å². The third-order valence-corrected chi connectivity index (χ3v) is 4.34. The van der Waals surface area contributed by atoms with Gasteiger partial charge in [0.2, 0.25) is 0 Å². The lowest BCUT2D eigenvalue weighted by atomic mass is 10.1. The van der Waals surface area contributed by atoms with Crippen LogP contribution in [0, 0.1) is 0 Å². The van der Waals surface area contributed by atoms with Crippen LogP contribution in [0.1, 0.15) is 16.8 Å². The first-order valence-electron chi connectivity index (χ1n) is 6.26. The van der Waals surface area contributed by atoms with Crippen molar-refractivity contribution < 1.29 is 14.7 Å². The van der Waals surface area contributed by atoms with E-state index in [1.54, 1.807) is 36.0 Å². The average Bonchev–Trinajstić information content (AvgIpc) is 2.41. The maximum Gasteiger partial charge on any atom is 0.305 e. The van der Waals surface area contributed by atoms with E-state index >= 15 is 0 Å². The highest BCUT2D eigenvalue weighted by Gasteiger charge is 2.29. The van der Waals surface area contributed by atoms with Crippen molar-refractivity contribution in [3.63, 3.8) is 0 Å². The molecule has 108 valence electrons. The minimum absolute atomic E-state index is 0.0659. The van der Waals surface area contributed by atoms with E-state index in [1.165, 1.54) is 10.6 Å². The fourth-order valence-corrected chi connectivity index (χ4v) is 3.20. The zero-order chi connectivity index (χ0) is 14.7. The Morgan fingerprint density at radius 1 is 1.50 bits per heavy atom. The van der Waals surface area contributed by atoms with E-state index < -0.39 is 5.97 Å². The number of rotatable bonds is 3. The summed E-state index contributed by atoms with van der Waals surface area (Å²) in [5, 5.41) is 8.92. The molecule has 2 rings (SSSR count). The lowest BCUT2D eigenvalue weighted by Gasteiger charge is -2.34. The molecule has 1 fully saturated rings. The van der Waals surface area contributed by atoms with Gasteiger partial charge in [0.25, 0.3) is 11.5 Å². The van der Waals surface area contributed by atoms with Gasteiger partial charge in [0.1, 0.15) is 0 Å². The summed E-state index contributed by atoms with van der Waals surface area (Å²) in [6.07, 6.45) is 1.48. The third kappa shape index (κ3) is 3.22. The summed E-state index contributed by atoms with van der Waals surface area (Å²) in [5.41, 5.74) is 0.0624. The molecule has 2 heterocycles. The van der Waals surface area contributed by atoms with E-state index in [0.29, 0.717) is 17.9 Å². The van der Waals surface area contributed by atoms with Crippen LogP contribution in [0.5, 0.6) is 0 Å². The quantitative estimate of drug-likeness (QED) is 0.874. The number of aliphatic carboxylic acids is 1. The van der Waals surface area contributed by atoms with Gasteiger partial charge in [0, 0.05) is 42.9 Å². The summed E-state index contributed by atoms with van der Waals surface area (Å²) in [6, 6.07) is 2.56. The molecule has 1 unspecified atom stereocenters. The molecule has 1 N–H and O–H groups in total. The molecule has 0 aromatic carbocycles. The van der Waals surface area contributed by atoms with Crippen LogP contribution in [0.3, 0.4) is 0 Å². The molecule has 1 aliphatic rings. The smallest absolute Gasteiger partial charge is 0.305 e. The van der Waals surface area contributed by atoms with Crippen LogP contribution >= 0.6 is 11.8 Å². The van der Waals surface area contributed by atoms with Gasteiger partial charge in [-0.3, -0.25) is 14.4 Å². The van der Waals surface area contributed by atoms with E-state index in [-0.39, 0.29) is 23.9 Å². The molecule has 1 aromatic heterocycles. The molecule has 7 heteroatoms. The highest BCUT2D eigenvalue weighted by molar-refractivity contribution is 7.99. The van der Waals surface area contributed by atoms with Gasteiger partial charge in [0.15, 0.2) is 0 Å². The van der Waals surface area contributed by atoms with Gasteiger partial charge < -0.3 is 14.6 Å². The zero-order valence-corrected chi connectivity index (χ0v) is 11.9. The van der Waals surface area contributed by atoms with E-state index in [1.807, 2.05) is 0 Å². The number of carboxylic acid groups (broad SMARTS) is 1. The molecule has 0 aliphatic carbocycles. The van der Waals surface area contributed by atoms with Crippen molar-refractivity contribution in [3.8, 4) is 0 Å². The van der Waals surface area contributed by atoms with Gasteiger partial charge in [-0.15, -0.1) is 0 Å². The maximum absolute atomic E-state index is 12.4.